The number of amides is 1. The molecule has 2 heterocycles. The van der Waals surface area contributed by atoms with E-state index in [-0.39, 0.29) is 12.7 Å². The van der Waals surface area contributed by atoms with Gasteiger partial charge < -0.3 is 29.2 Å². The number of rotatable bonds is 5. The zero-order valence-corrected chi connectivity index (χ0v) is 15.5. The van der Waals surface area contributed by atoms with Crippen LogP contribution in [0.25, 0.3) is 0 Å². The highest BCUT2D eigenvalue weighted by atomic mass is 16.7. The topological polar surface area (TPSA) is 70.5 Å². The van der Waals surface area contributed by atoms with Crippen molar-refractivity contribution in [2.45, 2.75) is 13.0 Å². The van der Waals surface area contributed by atoms with Crippen LogP contribution in [-0.2, 0) is 17.8 Å². The maximum atomic E-state index is 12.5. The first-order chi connectivity index (χ1) is 13.2. The zero-order chi connectivity index (χ0) is 18.8. The van der Waals surface area contributed by atoms with Crippen molar-refractivity contribution >= 4 is 11.6 Å². The van der Waals surface area contributed by atoms with Crippen LogP contribution in [-0.4, -0.2) is 40.0 Å². The minimum atomic E-state index is -0.0206. The first-order valence-electron chi connectivity index (χ1n) is 8.93. The van der Waals surface area contributed by atoms with Crippen molar-refractivity contribution in [2.24, 2.45) is 0 Å². The maximum absolute atomic E-state index is 12.5. The zero-order valence-electron chi connectivity index (χ0n) is 15.5. The van der Waals surface area contributed by atoms with Crippen LogP contribution < -0.4 is 29.2 Å². The number of benzene rings is 2. The van der Waals surface area contributed by atoms with Crippen LogP contribution in [0.5, 0.6) is 23.0 Å². The Labute approximate surface area is 157 Å². The summed E-state index contributed by atoms with van der Waals surface area (Å²) in [4.78, 5) is 13.7. The van der Waals surface area contributed by atoms with E-state index in [4.69, 9.17) is 18.9 Å². The van der Waals surface area contributed by atoms with Crippen LogP contribution in [0.1, 0.15) is 11.1 Å². The van der Waals surface area contributed by atoms with Gasteiger partial charge in [0, 0.05) is 23.7 Å². The van der Waals surface area contributed by atoms with Crippen LogP contribution in [0.4, 0.5) is 5.69 Å². The number of carbonyl (C=O) groups excluding carboxylic acids is 1. The summed E-state index contributed by atoms with van der Waals surface area (Å²) in [5.74, 6) is 2.82. The summed E-state index contributed by atoms with van der Waals surface area (Å²) in [7, 11) is 3.28. The van der Waals surface area contributed by atoms with Crippen molar-refractivity contribution in [3.63, 3.8) is 0 Å². The van der Waals surface area contributed by atoms with E-state index in [1.807, 2.05) is 24.3 Å². The lowest BCUT2D eigenvalue weighted by Gasteiger charge is -2.26. The molecule has 7 nitrogen and oxygen atoms in total. The molecule has 0 saturated heterocycles. The van der Waals surface area contributed by atoms with E-state index in [2.05, 4.69) is 5.32 Å². The lowest BCUT2D eigenvalue weighted by Crippen LogP contribution is -3.12. The predicted molar refractivity (Wildman–Crippen MR) is 98.8 cm³/mol. The molecule has 4 rings (SSSR count). The Morgan fingerprint density at radius 3 is 2.59 bits per heavy atom. The second kappa shape index (κ2) is 7.36. The Morgan fingerprint density at radius 2 is 1.81 bits per heavy atom. The molecular weight excluding hydrogens is 348 g/mol. The Morgan fingerprint density at radius 1 is 1.07 bits per heavy atom. The lowest BCUT2D eigenvalue weighted by molar-refractivity contribution is -0.907. The molecular formula is C20H23N2O5+. The summed E-state index contributed by atoms with van der Waals surface area (Å²) in [5.41, 5.74) is 3.17. The summed E-state index contributed by atoms with van der Waals surface area (Å²) in [6.45, 7) is 2.31. The summed E-state index contributed by atoms with van der Waals surface area (Å²) in [6, 6.07) is 9.48. The molecule has 2 aliphatic heterocycles. The number of hydrogen-bond donors (Lipinski definition) is 2. The molecule has 7 heteroatoms. The average Bonchev–Trinajstić information content (AvgIpc) is 3.14. The number of quaternary nitrogens is 1. The number of carbonyl (C=O) groups is 1. The first-order valence-corrected chi connectivity index (χ1v) is 8.93. The van der Waals surface area contributed by atoms with Gasteiger partial charge in [0.15, 0.2) is 29.5 Å². The molecule has 0 bridgehead atoms. The summed E-state index contributed by atoms with van der Waals surface area (Å²) in [6.07, 6.45) is 0.905. The Balaban J connectivity index is 1.40. The fourth-order valence-corrected chi connectivity index (χ4v) is 3.59. The fourth-order valence-electron chi connectivity index (χ4n) is 3.59. The van der Waals surface area contributed by atoms with Crippen molar-refractivity contribution in [3.8, 4) is 23.0 Å². The third kappa shape index (κ3) is 3.64. The molecule has 0 radical (unpaired) electrons. The maximum Gasteiger partial charge on any atom is 0.279 e. The standard InChI is InChI=1S/C20H22N2O5/c1-24-17-7-13-5-6-22(10-14(13)8-18(17)25-2)11-20(23)21-15-3-4-16-19(9-15)27-12-26-16/h3-4,7-9H,5-6,10-12H2,1-2H3,(H,21,23)/p+1. The highest BCUT2D eigenvalue weighted by Crippen LogP contribution is 2.34. The molecule has 2 aromatic rings. The molecule has 0 saturated carbocycles. The Kier molecular flexibility index (Phi) is 4.77. The van der Waals surface area contributed by atoms with Gasteiger partial charge in [-0.25, -0.2) is 0 Å². The van der Waals surface area contributed by atoms with Gasteiger partial charge in [0.05, 0.1) is 20.8 Å². The van der Waals surface area contributed by atoms with E-state index in [1.54, 1.807) is 20.3 Å². The lowest BCUT2D eigenvalue weighted by atomic mass is 9.99. The van der Waals surface area contributed by atoms with Crippen LogP contribution in [0.15, 0.2) is 30.3 Å². The van der Waals surface area contributed by atoms with Gasteiger partial charge in [-0.2, -0.15) is 0 Å². The smallest absolute Gasteiger partial charge is 0.279 e. The quantitative estimate of drug-likeness (QED) is 0.821. The van der Waals surface area contributed by atoms with E-state index in [0.29, 0.717) is 23.7 Å². The molecule has 2 aliphatic rings. The van der Waals surface area contributed by atoms with Crippen LogP contribution in [0.3, 0.4) is 0 Å². The molecule has 1 atom stereocenters. The number of methoxy groups -OCH3 is 2. The van der Waals surface area contributed by atoms with Crippen molar-refractivity contribution in [1.29, 1.82) is 0 Å². The van der Waals surface area contributed by atoms with Gasteiger partial charge in [-0.05, 0) is 29.8 Å². The number of hydrogen-bond acceptors (Lipinski definition) is 5. The van der Waals surface area contributed by atoms with E-state index in [9.17, 15) is 4.79 Å². The minimum Gasteiger partial charge on any atom is -0.493 e. The van der Waals surface area contributed by atoms with E-state index in [1.165, 1.54) is 16.0 Å². The van der Waals surface area contributed by atoms with Crippen LogP contribution in [0, 0.1) is 0 Å². The molecule has 0 spiro atoms. The third-order valence-electron chi connectivity index (χ3n) is 4.96. The number of fused-ring (bicyclic) bond motifs is 2. The molecule has 27 heavy (non-hydrogen) atoms. The molecule has 142 valence electrons. The highest BCUT2D eigenvalue weighted by Gasteiger charge is 2.24. The molecule has 1 unspecified atom stereocenters. The second-order valence-corrected chi connectivity index (χ2v) is 6.70. The fraction of sp³-hybridized carbons (Fsp3) is 0.350. The van der Waals surface area contributed by atoms with Crippen LogP contribution >= 0.6 is 0 Å². The first kappa shape index (κ1) is 17.5. The Bertz CT molecular complexity index is 868. The molecule has 0 fully saturated rings. The normalized spacial score (nSPS) is 17.2. The second-order valence-electron chi connectivity index (χ2n) is 6.70. The Hall–Kier alpha value is -2.93. The number of ether oxygens (including phenoxy) is 4. The van der Waals surface area contributed by atoms with Crippen LogP contribution in [0.2, 0.25) is 0 Å². The van der Waals surface area contributed by atoms with E-state index < -0.39 is 0 Å². The summed E-state index contributed by atoms with van der Waals surface area (Å²) in [5, 5.41) is 2.94. The van der Waals surface area contributed by atoms with Gasteiger partial charge in [-0.15, -0.1) is 0 Å². The molecule has 0 aliphatic carbocycles. The number of nitrogens with one attached hydrogen (secondary N) is 2. The highest BCUT2D eigenvalue weighted by molar-refractivity contribution is 5.91. The van der Waals surface area contributed by atoms with Gasteiger partial charge in [-0.1, -0.05) is 0 Å². The van der Waals surface area contributed by atoms with Crippen molar-refractivity contribution in [3.05, 3.63) is 41.5 Å². The van der Waals surface area contributed by atoms with Gasteiger partial charge in [0.1, 0.15) is 6.54 Å². The molecule has 2 N–H and O–H groups in total. The molecule has 1 amide bonds. The minimum absolute atomic E-state index is 0.0206. The summed E-state index contributed by atoms with van der Waals surface area (Å²) >= 11 is 0. The molecule has 0 aromatic heterocycles. The van der Waals surface area contributed by atoms with Crippen molar-refractivity contribution < 1.29 is 28.6 Å². The van der Waals surface area contributed by atoms with Crippen molar-refractivity contribution in [2.75, 3.05) is 39.4 Å². The SMILES string of the molecule is COc1cc2c(cc1OC)C[NH+](CC(=O)Nc1ccc3c(c1)OCO3)CC2. The van der Waals surface area contributed by atoms with E-state index >= 15 is 0 Å². The average molecular weight is 371 g/mol. The molecule has 2 aromatic carbocycles. The largest absolute Gasteiger partial charge is 0.493 e. The predicted octanol–water partition coefficient (Wildman–Crippen LogP) is 1.01. The monoisotopic (exact) mass is 371 g/mol. The van der Waals surface area contributed by atoms with Gasteiger partial charge in [-0.3, -0.25) is 4.79 Å². The third-order valence-corrected chi connectivity index (χ3v) is 4.96. The van der Waals surface area contributed by atoms with Gasteiger partial charge in [0.25, 0.3) is 5.91 Å². The summed E-state index contributed by atoms with van der Waals surface area (Å²) < 4.78 is 21.4. The number of anilines is 1. The van der Waals surface area contributed by atoms with E-state index in [0.717, 1.165) is 31.0 Å². The van der Waals surface area contributed by atoms with Gasteiger partial charge in [0.2, 0.25) is 6.79 Å². The van der Waals surface area contributed by atoms with Gasteiger partial charge >= 0.3 is 0 Å². The van der Waals surface area contributed by atoms with Crippen molar-refractivity contribution in [1.82, 2.24) is 0 Å².